The number of hydrogen-bond acceptors (Lipinski definition) is 3. The third-order valence-corrected chi connectivity index (χ3v) is 7.00. The number of fused-ring (bicyclic) bond motifs is 1. The van der Waals surface area contributed by atoms with Crippen LogP contribution in [-0.4, -0.2) is 47.9 Å². The molecule has 30 heavy (non-hydrogen) atoms. The minimum absolute atomic E-state index is 0.0249. The standard InChI is InChI=1S/C25H28N2O3/c28-23(17-30-21-12-5-2-6-13-21)26-14-20-15-27(25(29)19-10-7-11-19)24(22(20)16-26)18-8-3-1-4-9-18/h1-6,8-9,12-13,19-20,22,24H,7,10-11,14-17H2/t20-,22-,24+/m0/s1. The number of nitrogens with zero attached hydrogens (tertiary/aromatic N) is 2. The number of amides is 2. The summed E-state index contributed by atoms with van der Waals surface area (Å²) in [7, 11) is 0. The van der Waals surface area contributed by atoms with Crippen LogP contribution in [-0.2, 0) is 9.59 Å². The maximum absolute atomic E-state index is 13.1. The smallest absolute Gasteiger partial charge is 0.260 e. The van der Waals surface area contributed by atoms with Crippen molar-refractivity contribution in [2.45, 2.75) is 25.3 Å². The minimum atomic E-state index is 0.0249. The van der Waals surface area contributed by atoms with E-state index in [1.807, 2.05) is 53.4 Å². The van der Waals surface area contributed by atoms with Crippen molar-refractivity contribution in [3.05, 3.63) is 66.2 Å². The molecular weight excluding hydrogens is 376 g/mol. The molecule has 1 saturated carbocycles. The van der Waals surface area contributed by atoms with Crippen LogP contribution in [0.2, 0.25) is 0 Å². The average Bonchev–Trinajstić information content (AvgIpc) is 3.30. The summed E-state index contributed by atoms with van der Waals surface area (Å²) < 4.78 is 5.67. The molecular formula is C25H28N2O3. The van der Waals surface area contributed by atoms with Gasteiger partial charge in [-0.05, 0) is 30.5 Å². The monoisotopic (exact) mass is 404 g/mol. The Bertz CT molecular complexity index is 897. The van der Waals surface area contributed by atoms with E-state index in [1.165, 1.54) is 5.56 Å². The molecule has 2 aromatic rings. The summed E-state index contributed by atoms with van der Waals surface area (Å²) in [6.45, 7) is 2.21. The lowest BCUT2D eigenvalue weighted by Crippen LogP contribution is -2.42. The number of para-hydroxylation sites is 1. The Morgan fingerprint density at radius 3 is 2.27 bits per heavy atom. The van der Waals surface area contributed by atoms with E-state index in [9.17, 15) is 9.59 Å². The first kappa shape index (κ1) is 19.2. The molecule has 2 heterocycles. The number of hydrogen-bond donors (Lipinski definition) is 0. The summed E-state index contributed by atoms with van der Waals surface area (Å²) in [5.41, 5.74) is 1.19. The van der Waals surface area contributed by atoms with Crippen LogP contribution in [0.1, 0.15) is 30.9 Å². The van der Waals surface area contributed by atoms with Crippen LogP contribution in [0.25, 0.3) is 0 Å². The Morgan fingerprint density at radius 1 is 0.900 bits per heavy atom. The molecule has 2 aliphatic heterocycles. The molecule has 3 atom stereocenters. The van der Waals surface area contributed by atoms with E-state index in [2.05, 4.69) is 17.0 Å². The highest BCUT2D eigenvalue weighted by Crippen LogP contribution is 2.46. The van der Waals surface area contributed by atoms with Crippen molar-refractivity contribution < 1.29 is 14.3 Å². The lowest BCUT2D eigenvalue weighted by Gasteiger charge is -2.35. The molecule has 3 fully saturated rings. The van der Waals surface area contributed by atoms with E-state index >= 15 is 0 Å². The number of likely N-dealkylation sites (tertiary alicyclic amines) is 2. The topological polar surface area (TPSA) is 49.9 Å². The van der Waals surface area contributed by atoms with Crippen molar-refractivity contribution in [3.8, 4) is 5.75 Å². The summed E-state index contributed by atoms with van der Waals surface area (Å²) in [4.78, 5) is 30.0. The van der Waals surface area contributed by atoms with Crippen molar-refractivity contribution in [1.82, 2.24) is 9.80 Å². The fourth-order valence-electron chi connectivity index (χ4n) is 5.20. The van der Waals surface area contributed by atoms with Crippen molar-refractivity contribution in [3.63, 3.8) is 0 Å². The van der Waals surface area contributed by atoms with E-state index in [0.29, 0.717) is 30.7 Å². The molecule has 2 amide bonds. The summed E-state index contributed by atoms with van der Waals surface area (Å²) in [6, 6.07) is 19.9. The van der Waals surface area contributed by atoms with E-state index in [-0.39, 0.29) is 30.4 Å². The predicted molar refractivity (Wildman–Crippen MR) is 114 cm³/mol. The van der Waals surface area contributed by atoms with Crippen LogP contribution < -0.4 is 4.74 Å². The van der Waals surface area contributed by atoms with Crippen LogP contribution in [0.15, 0.2) is 60.7 Å². The highest BCUT2D eigenvalue weighted by atomic mass is 16.5. The fraction of sp³-hybridized carbons (Fsp3) is 0.440. The number of rotatable bonds is 5. The van der Waals surface area contributed by atoms with Gasteiger partial charge in [0.15, 0.2) is 6.61 Å². The Hall–Kier alpha value is -2.82. The quantitative estimate of drug-likeness (QED) is 0.766. The van der Waals surface area contributed by atoms with Crippen molar-refractivity contribution in [2.75, 3.05) is 26.2 Å². The Morgan fingerprint density at radius 2 is 1.60 bits per heavy atom. The molecule has 5 rings (SSSR count). The van der Waals surface area contributed by atoms with Gasteiger partial charge in [-0.2, -0.15) is 0 Å². The molecule has 0 unspecified atom stereocenters. The van der Waals surface area contributed by atoms with Gasteiger partial charge in [0.1, 0.15) is 5.75 Å². The lowest BCUT2D eigenvalue weighted by molar-refractivity contribution is -0.140. The Kier molecular flexibility index (Phi) is 5.19. The molecule has 0 aromatic heterocycles. The minimum Gasteiger partial charge on any atom is -0.484 e. The van der Waals surface area contributed by atoms with Gasteiger partial charge in [0.25, 0.3) is 5.91 Å². The molecule has 0 radical (unpaired) electrons. The third-order valence-electron chi connectivity index (χ3n) is 7.00. The van der Waals surface area contributed by atoms with Gasteiger partial charge in [0, 0.05) is 37.4 Å². The molecule has 0 spiro atoms. The van der Waals surface area contributed by atoms with Crippen molar-refractivity contribution in [1.29, 1.82) is 0 Å². The normalized spacial score (nSPS) is 25.7. The van der Waals surface area contributed by atoms with Gasteiger partial charge < -0.3 is 14.5 Å². The molecule has 3 aliphatic rings. The second-order valence-electron chi connectivity index (χ2n) is 8.80. The second kappa shape index (κ2) is 8.13. The molecule has 0 N–H and O–H groups in total. The first-order chi connectivity index (χ1) is 14.7. The summed E-state index contributed by atoms with van der Waals surface area (Å²) in [5.74, 6) is 1.88. The number of carbonyl (C=O) groups is 2. The van der Waals surface area contributed by atoms with Crippen LogP contribution in [0, 0.1) is 17.8 Å². The second-order valence-corrected chi connectivity index (χ2v) is 8.80. The summed E-state index contributed by atoms with van der Waals surface area (Å²) in [6.07, 6.45) is 3.21. The largest absolute Gasteiger partial charge is 0.484 e. The first-order valence-corrected chi connectivity index (χ1v) is 11.0. The van der Waals surface area contributed by atoms with Gasteiger partial charge in [-0.3, -0.25) is 9.59 Å². The van der Waals surface area contributed by atoms with Crippen LogP contribution in [0.3, 0.4) is 0 Å². The zero-order valence-corrected chi connectivity index (χ0v) is 17.2. The summed E-state index contributed by atoms with van der Waals surface area (Å²) >= 11 is 0. The Labute approximate surface area is 177 Å². The van der Waals surface area contributed by atoms with Crippen molar-refractivity contribution in [2.24, 2.45) is 17.8 Å². The number of ether oxygens (including phenoxy) is 1. The molecule has 5 nitrogen and oxygen atoms in total. The SMILES string of the molecule is O=C(COc1ccccc1)N1C[C@H]2CN(C(=O)C3CCC3)[C@H](c3ccccc3)[C@H]2C1. The molecule has 2 saturated heterocycles. The predicted octanol–water partition coefficient (Wildman–Crippen LogP) is 3.52. The summed E-state index contributed by atoms with van der Waals surface area (Å²) in [5, 5.41) is 0. The van der Waals surface area contributed by atoms with Gasteiger partial charge >= 0.3 is 0 Å². The molecule has 1 aliphatic carbocycles. The van der Waals surface area contributed by atoms with Gasteiger partial charge in [0.05, 0.1) is 6.04 Å². The molecule has 2 aromatic carbocycles. The lowest BCUT2D eigenvalue weighted by atomic mass is 9.83. The first-order valence-electron chi connectivity index (χ1n) is 11.0. The van der Waals surface area contributed by atoms with Gasteiger partial charge in [-0.1, -0.05) is 55.0 Å². The number of benzene rings is 2. The van der Waals surface area contributed by atoms with Crippen LogP contribution >= 0.6 is 0 Å². The highest BCUT2D eigenvalue weighted by Gasteiger charge is 2.51. The van der Waals surface area contributed by atoms with Crippen molar-refractivity contribution >= 4 is 11.8 Å². The average molecular weight is 405 g/mol. The zero-order valence-electron chi connectivity index (χ0n) is 17.2. The molecule has 5 heteroatoms. The van der Waals surface area contributed by atoms with Gasteiger partial charge in [-0.15, -0.1) is 0 Å². The molecule has 0 bridgehead atoms. The maximum atomic E-state index is 13.1. The van der Waals surface area contributed by atoms with Crippen LogP contribution in [0.4, 0.5) is 0 Å². The maximum Gasteiger partial charge on any atom is 0.260 e. The zero-order chi connectivity index (χ0) is 20.5. The van der Waals surface area contributed by atoms with Gasteiger partial charge in [0.2, 0.25) is 5.91 Å². The third kappa shape index (κ3) is 3.57. The van der Waals surface area contributed by atoms with E-state index in [0.717, 1.165) is 25.8 Å². The highest BCUT2D eigenvalue weighted by molar-refractivity contribution is 5.81. The van der Waals surface area contributed by atoms with Crippen LogP contribution in [0.5, 0.6) is 5.75 Å². The van der Waals surface area contributed by atoms with E-state index in [1.54, 1.807) is 0 Å². The number of carbonyl (C=O) groups excluding carboxylic acids is 2. The van der Waals surface area contributed by atoms with Gasteiger partial charge in [-0.25, -0.2) is 0 Å². The Balaban J connectivity index is 1.29. The molecule has 156 valence electrons. The fourth-order valence-corrected chi connectivity index (χ4v) is 5.20. The van der Waals surface area contributed by atoms with E-state index in [4.69, 9.17) is 4.74 Å². The van der Waals surface area contributed by atoms with E-state index < -0.39 is 0 Å².